The van der Waals surface area contributed by atoms with Crippen molar-refractivity contribution in [3.05, 3.63) is 33.8 Å². The van der Waals surface area contributed by atoms with E-state index in [0.29, 0.717) is 15.6 Å². The van der Waals surface area contributed by atoms with E-state index in [4.69, 9.17) is 27.9 Å². The van der Waals surface area contributed by atoms with Gasteiger partial charge < -0.3 is 15.2 Å². The molecule has 0 aliphatic carbocycles. The highest BCUT2D eigenvalue weighted by Gasteiger charge is 2.26. The molecule has 6 heteroatoms. The molecule has 1 amide bonds. The number of benzene rings is 1. The maximum atomic E-state index is 12.1. The lowest BCUT2D eigenvalue weighted by molar-refractivity contribution is -0.124. The fraction of sp³-hybridized carbons (Fsp3) is 0.562. The number of hydrogen-bond acceptors (Lipinski definition) is 3. The van der Waals surface area contributed by atoms with E-state index in [9.17, 15) is 9.90 Å². The van der Waals surface area contributed by atoms with Crippen molar-refractivity contribution in [2.24, 2.45) is 0 Å². The second kappa shape index (κ2) is 8.16. The van der Waals surface area contributed by atoms with Gasteiger partial charge in [-0.05, 0) is 43.0 Å². The monoisotopic (exact) mass is 345 g/mol. The summed E-state index contributed by atoms with van der Waals surface area (Å²) < 4.78 is 5.62. The van der Waals surface area contributed by atoms with E-state index >= 15 is 0 Å². The molecule has 1 heterocycles. The van der Waals surface area contributed by atoms with Crippen LogP contribution in [0.4, 0.5) is 0 Å². The Labute approximate surface area is 140 Å². The van der Waals surface area contributed by atoms with E-state index in [1.54, 1.807) is 18.2 Å². The van der Waals surface area contributed by atoms with Gasteiger partial charge in [-0.1, -0.05) is 30.1 Å². The average Bonchev–Trinajstić information content (AvgIpc) is 2.97. The third kappa shape index (κ3) is 4.85. The smallest absolute Gasteiger partial charge is 0.223 e. The van der Waals surface area contributed by atoms with E-state index in [1.165, 1.54) is 0 Å². The average molecular weight is 346 g/mol. The molecule has 3 atom stereocenters. The molecule has 2 N–H and O–H groups in total. The molecule has 4 nitrogen and oxygen atoms in total. The fourth-order valence-corrected chi connectivity index (χ4v) is 3.25. The standard InChI is InChI=1S/C16H21Cl2NO3/c1-2-13(15-4-3-5-22-15)19-16(21)9-14(20)10-6-11(17)8-12(18)7-10/h6-8,13-15,20H,2-5,9H2,1H3,(H,19,21). The number of hydrogen-bond donors (Lipinski definition) is 2. The van der Waals surface area contributed by atoms with Crippen LogP contribution in [-0.2, 0) is 9.53 Å². The van der Waals surface area contributed by atoms with Gasteiger partial charge in [0.25, 0.3) is 0 Å². The molecule has 1 aromatic carbocycles. The van der Waals surface area contributed by atoms with Gasteiger partial charge in [0.2, 0.25) is 5.91 Å². The molecule has 1 saturated heterocycles. The Morgan fingerprint density at radius 2 is 2.09 bits per heavy atom. The molecule has 22 heavy (non-hydrogen) atoms. The summed E-state index contributed by atoms with van der Waals surface area (Å²) in [6.07, 6.45) is 1.91. The van der Waals surface area contributed by atoms with Gasteiger partial charge in [0.15, 0.2) is 0 Å². The van der Waals surface area contributed by atoms with Crippen LogP contribution in [-0.4, -0.2) is 29.8 Å². The van der Waals surface area contributed by atoms with Crippen LogP contribution >= 0.6 is 23.2 Å². The Morgan fingerprint density at radius 3 is 2.64 bits per heavy atom. The van der Waals surface area contributed by atoms with E-state index in [1.807, 2.05) is 6.92 Å². The highest BCUT2D eigenvalue weighted by atomic mass is 35.5. The molecule has 1 aliphatic heterocycles. The second-order valence-corrected chi connectivity index (χ2v) is 6.43. The van der Waals surface area contributed by atoms with Crippen LogP contribution in [0.2, 0.25) is 10.0 Å². The van der Waals surface area contributed by atoms with E-state index in [2.05, 4.69) is 5.32 Å². The number of amides is 1. The minimum absolute atomic E-state index is 0.00912. The third-order valence-corrected chi connectivity index (χ3v) is 4.28. The summed E-state index contributed by atoms with van der Waals surface area (Å²) in [5.74, 6) is -0.203. The molecule has 0 saturated carbocycles. The Morgan fingerprint density at radius 1 is 1.41 bits per heavy atom. The summed E-state index contributed by atoms with van der Waals surface area (Å²) in [5.41, 5.74) is 0.540. The predicted molar refractivity (Wildman–Crippen MR) is 87.2 cm³/mol. The highest BCUT2D eigenvalue weighted by molar-refractivity contribution is 6.34. The van der Waals surface area contributed by atoms with Crippen LogP contribution in [0, 0.1) is 0 Å². The summed E-state index contributed by atoms with van der Waals surface area (Å²) in [7, 11) is 0. The topological polar surface area (TPSA) is 58.6 Å². The SMILES string of the molecule is CCC(NC(=O)CC(O)c1cc(Cl)cc(Cl)c1)C1CCCO1. The van der Waals surface area contributed by atoms with Crippen LogP contribution in [0.15, 0.2) is 18.2 Å². The normalized spacial score (nSPS) is 20.6. The Kier molecular flexibility index (Phi) is 6.50. The Hall–Kier alpha value is -0.810. The van der Waals surface area contributed by atoms with Crippen LogP contribution in [0.25, 0.3) is 0 Å². The van der Waals surface area contributed by atoms with Gasteiger partial charge in [-0.3, -0.25) is 4.79 Å². The van der Waals surface area contributed by atoms with Gasteiger partial charge in [-0.2, -0.15) is 0 Å². The first kappa shape index (κ1) is 17.5. The fourth-order valence-electron chi connectivity index (χ4n) is 2.70. The lowest BCUT2D eigenvalue weighted by Gasteiger charge is -2.23. The maximum absolute atomic E-state index is 12.1. The molecule has 0 radical (unpaired) electrons. The number of carbonyl (C=O) groups excluding carboxylic acids is 1. The summed E-state index contributed by atoms with van der Waals surface area (Å²) in [5, 5.41) is 14.0. The van der Waals surface area contributed by atoms with Crippen LogP contribution in [0.3, 0.4) is 0 Å². The number of aliphatic hydroxyl groups is 1. The van der Waals surface area contributed by atoms with Crippen molar-refractivity contribution in [1.29, 1.82) is 0 Å². The third-order valence-electron chi connectivity index (χ3n) is 3.85. The predicted octanol–water partition coefficient (Wildman–Crippen LogP) is 3.49. The molecule has 1 aliphatic rings. The summed E-state index contributed by atoms with van der Waals surface area (Å²) >= 11 is 11.8. The van der Waals surface area contributed by atoms with Crippen LogP contribution < -0.4 is 5.32 Å². The van der Waals surface area contributed by atoms with Crippen molar-refractivity contribution in [2.75, 3.05) is 6.61 Å². The second-order valence-electron chi connectivity index (χ2n) is 5.56. The molecule has 1 aromatic rings. The Bertz CT molecular complexity index is 498. The van der Waals surface area contributed by atoms with Crippen molar-refractivity contribution in [2.45, 2.75) is 50.9 Å². The maximum Gasteiger partial charge on any atom is 0.223 e. The summed E-state index contributed by atoms with van der Waals surface area (Å²) in [6, 6.07) is 4.81. The number of halogens is 2. The van der Waals surface area contributed by atoms with E-state index in [0.717, 1.165) is 25.9 Å². The minimum atomic E-state index is -0.932. The zero-order valence-electron chi connectivity index (χ0n) is 12.5. The number of rotatable bonds is 6. The molecule has 0 spiro atoms. The molecular weight excluding hydrogens is 325 g/mol. The van der Waals surface area contributed by atoms with Crippen molar-refractivity contribution >= 4 is 29.1 Å². The van der Waals surface area contributed by atoms with E-state index < -0.39 is 6.10 Å². The van der Waals surface area contributed by atoms with Crippen LogP contribution in [0.5, 0.6) is 0 Å². The minimum Gasteiger partial charge on any atom is -0.388 e. The molecule has 122 valence electrons. The lowest BCUT2D eigenvalue weighted by Crippen LogP contribution is -2.43. The molecule has 2 rings (SSSR count). The molecule has 3 unspecified atom stereocenters. The zero-order valence-corrected chi connectivity index (χ0v) is 14.0. The molecule has 0 bridgehead atoms. The van der Waals surface area contributed by atoms with Crippen LogP contribution in [0.1, 0.15) is 44.3 Å². The number of ether oxygens (including phenoxy) is 1. The molecular formula is C16H21Cl2NO3. The quantitative estimate of drug-likeness (QED) is 0.829. The number of nitrogens with one attached hydrogen (secondary N) is 1. The van der Waals surface area contributed by atoms with Crippen molar-refractivity contribution < 1.29 is 14.6 Å². The first-order valence-electron chi connectivity index (χ1n) is 7.54. The Balaban J connectivity index is 1.92. The van der Waals surface area contributed by atoms with Gasteiger partial charge in [-0.25, -0.2) is 0 Å². The number of aliphatic hydroxyl groups excluding tert-OH is 1. The first-order valence-corrected chi connectivity index (χ1v) is 8.30. The summed E-state index contributed by atoms with van der Waals surface area (Å²) in [6.45, 7) is 2.76. The molecule has 0 aromatic heterocycles. The van der Waals surface area contributed by atoms with Crippen molar-refractivity contribution in [1.82, 2.24) is 5.32 Å². The number of carbonyl (C=O) groups is 1. The largest absolute Gasteiger partial charge is 0.388 e. The first-order chi connectivity index (χ1) is 10.5. The van der Waals surface area contributed by atoms with Gasteiger partial charge in [-0.15, -0.1) is 0 Å². The van der Waals surface area contributed by atoms with Gasteiger partial charge in [0.1, 0.15) is 0 Å². The highest BCUT2D eigenvalue weighted by Crippen LogP contribution is 2.25. The molecule has 1 fully saturated rings. The van der Waals surface area contributed by atoms with Gasteiger partial charge in [0.05, 0.1) is 24.7 Å². The van der Waals surface area contributed by atoms with Gasteiger partial charge in [0, 0.05) is 16.7 Å². The van der Waals surface area contributed by atoms with Gasteiger partial charge >= 0.3 is 0 Å². The lowest BCUT2D eigenvalue weighted by atomic mass is 10.0. The van der Waals surface area contributed by atoms with Crippen molar-refractivity contribution in [3.63, 3.8) is 0 Å². The van der Waals surface area contributed by atoms with E-state index in [-0.39, 0.29) is 24.5 Å². The van der Waals surface area contributed by atoms with Crippen molar-refractivity contribution in [3.8, 4) is 0 Å². The zero-order chi connectivity index (χ0) is 16.1. The summed E-state index contributed by atoms with van der Waals surface area (Å²) in [4.78, 5) is 12.1.